The van der Waals surface area contributed by atoms with Gasteiger partial charge in [0.05, 0.1) is 0 Å². The Morgan fingerprint density at radius 3 is 2.32 bits per heavy atom. The lowest BCUT2D eigenvalue weighted by atomic mass is 9.68. The van der Waals surface area contributed by atoms with Gasteiger partial charge in [-0.05, 0) is 60.5 Å². The molecule has 0 bridgehead atoms. The summed E-state index contributed by atoms with van der Waals surface area (Å²) in [6.07, 6.45) is 15.2. The summed E-state index contributed by atoms with van der Waals surface area (Å²) in [5.74, 6) is 3.63. The van der Waals surface area contributed by atoms with Gasteiger partial charge in [-0.1, -0.05) is 55.7 Å². The standard InChI is InChI=1S/C19H24/c1-2-6-14(7-3-1)18-11-10-17-12-15-8-4-5-9-16(15)13-19(17)18/h4-5,8-11,14,17-19H,1-3,6-7,12-13H2. The molecular formula is C19H24. The largest absolute Gasteiger partial charge is 0.0845 e. The van der Waals surface area contributed by atoms with Gasteiger partial charge in [0.25, 0.3) is 0 Å². The van der Waals surface area contributed by atoms with Gasteiger partial charge in [0.1, 0.15) is 0 Å². The molecule has 1 aromatic rings. The first-order valence-electron chi connectivity index (χ1n) is 8.17. The second kappa shape index (κ2) is 4.81. The third-order valence-electron chi connectivity index (χ3n) is 5.85. The topological polar surface area (TPSA) is 0 Å². The Kier molecular flexibility index (Phi) is 2.98. The zero-order valence-corrected chi connectivity index (χ0v) is 11.7. The van der Waals surface area contributed by atoms with E-state index in [9.17, 15) is 0 Å². The minimum atomic E-state index is 0.835. The van der Waals surface area contributed by atoms with E-state index in [1.807, 2.05) is 0 Å². The van der Waals surface area contributed by atoms with Crippen LogP contribution < -0.4 is 0 Å². The molecule has 3 aliphatic carbocycles. The number of fused-ring (bicyclic) bond motifs is 2. The molecule has 0 heterocycles. The number of rotatable bonds is 1. The third-order valence-corrected chi connectivity index (χ3v) is 5.85. The predicted molar refractivity (Wildman–Crippen MR) is 80.0 cm³/mol. The van der Waals surface area contributed by atoms with Crippen LogP contribution in [0.3, 0.4) is 0 Å². The van der Waals surface area contributed by atoms with Crippen LogP contribution in [-0.4, -0.2) is 0 Å². The maximum absolute atomic E-state index is 2.59. The van der Waals surface area contributed by atoms with Gasteiger partial charge in [-0.15, -0.1) is 0 Å². The van der Waals surface area contributed by atoms with Crippen molar-refractivity contribution >= 4 is 0 Å². The van der Waals surface area contributed by atoms with Crippen molar-refractivity contribution in [1.82, 2.24) is 0 Å². The molecule has 1 fully saturated rings. The normalized spacial score (nSPS) is 34.0. The Labute approximate surface area is 116 Å². The van der Waals surface area contributed by atoms with E-state index >= 15 is 0 Å². The summed E-state index contributed by atoms with van der Waals surface area (Å²) < 4.78 is 0. The lowest BCUT2D eigenvalue weighted by Gasteiger charge is -2.36. The average Bonchev–Trinajstić information content (AvgIpc) is 2.88. The van der Waals surface area contributed by atoms with Gasteiger partial charge >= 0.3 is 0 Å². The van der Waals surface area contributed by atoms with Crippen LogP contribution in [-0.2, 0) is 12.8 Å². The molecule has 0 N–H and O–H groups in total. The monoisotopic (exact) mass is 252 g/mol. The maximum atomic E-state index is 2.59. The minimum absolute atomic E-state index is 0.835. The highest BCUT2D eigenvalue weighted by Crippen LogP contribution is 2.46. The van der Waals surface area contributed by atoms with Crippen molar-refractivity contribution < 1.29 is 0 Å². The highest BCUT2D eigenvalue weighted by atomic mass is 14.4. The Balaban J connectivity index is 1.57. The molecular weight excluding hydrogens is 228 g/mol. The summed E-state index contributed by atoms with van der Waals surface area (Å²) in [6.45, 7) is 0. The van der Waals surface area contributed by atoms with E-state index in [1.54, 1.807) is 11.1 Å². The zero-order chi connectivity index (χ0) is 12.7. The molecule has 100 valence electrons. The van der Waals surface area contributed by atoms with Crippen LogP contribution in [0.1, 0.15) is 43.2 Å². The fourth-order valence-corrected chi connectivity index (χ4v) is 4.84. The van der Waals surface area contributed by atoms with Gasteiger partial charge in [0, 0.05) is 0 Å². The van der Waals surface area contributed by atoms with Crippen LogP contribution in [0, 0.1) is 23.7 Å². The van der Waals surface area contributed by atoms with E-state index < -0.39 is 0 Å². The Morgan fingerprint density at radius 2 is 1.53 bits per heavy atom. The van der Waals surface area contributed by atoms with Crippen LogP contribution in [0.5, 0.6) is 0 Å². The minimum Gasteiger partial charge on any atom is -0.0845 e. The van der Waals surface area contributed by atoms with Crippen molar-refractivity contribution in [2.24, 2.45) is 23.7 Å². The maximum Gasteiger partial charge on any atom is -0.0156 e. The van der Waals surface area contributed by atoms with Crippen molar-refractivity contribution in [3.05, 3.63) is 47.5 Å². The summed E-state index contributed by atoms with van der Waals surface area (Å²) in [6, 6.07) is 9.13. The Hall–Kier alpha value is -1.04. The number of hydrogen-bond acceptors (Lipinski definition) is 0. The molecule has 1 aromatic carbocycles. The summed E-state index contributed by atoms with van der Waals surface area (Å²) in [5, 5.41) is 0. The van der Waals surface area contributed by atoms with Gasteiger partial charge in [-0.25, -0.2) is 0 Å². The molecule has 3 unspecified atom stereocenters. The number of hydrogen-bond donors (Lipinski definition) is 0. The molecule has 3 atom stereocenters. The van der Waals surface area contributed by atoms with Crippen molar-refractivity contribution in [1.29, 1.82) is 0 Å². The number of benzene rings is 1. The van der Waals surface area contributed by atoms with Crippen molar-refractivity contribution in [3.8, 4) is 0 Å². The predicted octanol–water partition coefficient (Wildman–Crippen LogP) is 4.78. The van der Waals surface area contributed by atoms with Crippen molar-refractivity contribution in [2.45, 2.75) is 44.9 Å². The van der Waals surface area contributed by atoms with E-state index in [-0.39, 0.29) is 0 Å². The molecule has 0 spiro atoms. The Bertz CT molecular complexity index is 479. The molecule has 4 rings (SSSR count). The van der Waals surface area contributed by atoms with E-state index in [1.165, 1.54) is 44.9 Å². The molecule has 0 amide bonds. The van der Waals surface area contributed by atoms with Gasteiger partial charge in [-0.2, -0.15) is 0 Å². The second-order valence-corrected chi connectivity index (χ2v) is 6.87. The van der Waals surface area contributed by atoms with Gasteiger partial charge in [0.15, 0.2) is 0 Å². The first-order valence-corrected chi connectivity index (χ1v) is 8.17. The van der Waals surface area contributed by atoms with E-state index in [0.717, 1.165) is 23.7 Å². The highest BCUT2D eigenvalue weighted by molar-refractivity contribution is 5.33. The van der Waals surface area contributed by atoms with E-state index in [4.69, 9.17) is 0 Å². The number of allylic oxidation sites excluding steroid dienone is 2. The van der Waals surface area contributed by atoms with E-state index in [2.05, 4.69) is 36.4 Å². The molecule has 19 heavy (non-hydrogen) atoms. The molecule has 0 aromatic heterocycles. The lowest BCUT2D eigenvalue weighted by Crippen LogP contribution is -2.30. The van der Waals surface area contributed by atoms with Gasteiger partial charge < -0.3 is 0 Å². The molecule has 3 aliphatic rings. The summed E-state index contributed by atoms with van der Waals surface area (Å²) in [5.41, 5.74) is 3.24. The fraction of sp³-hybridized carbons (Fsp3) is 0.579. The average molecular weight is 252 g/mol. The molecule has 1 saturated carbocycles. The van der Waals surface area contributed by atoms with Crippen molar-refractivity contribution in [3.63, 3.8) is 0 Å². The second-order valence-electron chi connectivity index (χ2n) is 6.87. The Morgan fingerprint density at radius 1 is 0.789 bits per heavy atom. The molecule has 0 radical (unpaired) electrons. The zero-order valence-electron chi connectivity index (χ0n) is 11.7. The van der Waals surface area contributed by atoms with Crippen LogP contribution in [0.4, 0.5) is 0 Å². The molecule has 0 heteroatoms. The van der Waals surface area contributed by atoms with Crippen LogP contribution in [0.2, 0.25) is 0 Å². The quantitative estimate of drug-likeness (QED) is 0.631. The first kappa shape index (κ1) is 11.8. The summed E-state index contributed by atoms with van der Waals surface area (Å²) in [4.78, 5) is 0. The molecule has 0 nitrogen and oxygen atoms in total. The van der Waals surface area contributed by atoms with Gasteiger partial charge in [0.2, 0.25) is 0 Å². The fourth-order valence-electron chi connectivity index (χ4n) is 4.84. The summed E-state index contributed by atoms with van der Waals surface area (Å²) >= 11 is 0. The van der Waals surface area contributed by atoms with Crippen molar-refractivity contribution in [2.75, 3.05) is 0 Å². The molecule has 0 aliphatic heterocycles. The highest BCUT2D eigenvalue weighted by Gasteiger charge is 2.39. The SMILES string of the molecule is C1=CC(C2CCCCC2)C2Cc3ccccc3CC12. The van der Waals surface area contributed by atoms with Gasteiger partial charge in [-0.3, -0.25) is 0 Å². The summed E-state index contributed by atoms with van der Waals surface area (Å²) in [7, 11) is 0. The first-order chi connectivity index (χ1) is 9.42. The molecule has 0 saturated heterocycles. The smallest absolute Gasteiger partial charge is 0.0156 e. The van der Waals surface area contributed by atoms with Crippen LogP contribution in [0.25, 0.3) is 0 Å². The van der Waals surface area contributed by atoms with Crippen LogP contribution >= 0.6 is 0 Å². The lowest BCUT2D eigenvalue weighted by molar-refractivity contribution is 0.195. The van der Waals surface area contributed by atoms with E-state index in [0.29, 0.717) is 0 Å². The third kappa shape index (κ3) is 2.06. The van der Waals surface area contributed by atoms with Crippen LogP contribution in [0.15, 0.2) is 36.4 Å².